The normalized spacial score (nSPS) is 14.6. The molecule has 0 bridgehead atoms. The van der Waals surface area contributed by atoms with E-state index in [0.29, 0.717) is 5.92 Å². The molecule has 0 heterocycles. The Morgan fingerprint density at radius 1 is 1.29 bits per heavy atom. The standard InChI is InChI=1S/C16H27N/c1-4-15(11-14(3)12-17)8-9-16-7-5-6-13(2)10-16/h5-7,10,14-15H,4,8-9,11-12,17H2,1-3H3. The molecule has 0 aromatic heterocycles. The first-order valence-corrected chi connectivity index (χ1v) is 6.91. The summed E-state index contributed by atoms with van der Waals surface area (Å²) in [6.45, 7) is 7.54. The first kappa shape index (κ1) is 14.2. The second-order valence-electron chi connectivity index (χ2n) is 5.38. The summed E-state index contributed by atoms with van der Waals surface area (Å²) in [4.78, 5) is 0. The summed E-state index contributed by atoms with van der Waals surface area (Å²) in [5.74, 6) is 1.49. The van der Waals surface area contributed by atoms with Gasteiger partial charge in [0.15, 0.2) is 0 Å². The third kappa shape index (κ3) is 5.36. The third-order valence-electron chi connectivity index (χ3n) is 3.64. The lowest BCUT2D eigenvalue weighted by molar-refractivity contribution is 0.365. The Morgan fingerprint density at radius 2 is 2.06 bits per heavy atom. The van der Waals surface area contributed by atoms with Gasteiger partial charge in [-0.3, -0.25) is 0 Å². The minimum Gasteiger partial charge on any atom is -0.330 e. The van der Waals surface area contributed by atoms with E-state index in [9.17, 15) is 0 Å². The maximum atomic E-state index is 5.70. The van der Waals surface area contributed by atoms with E-state index in [1.165, 1.54) is 36.8 Å². The summed E-state index contributed by atoms with van der Waals surface area (Å²) in [6, 6.07) is 8.87. The van der Waals surface area contributed by atoms with Gasteiger partial charge in [-0.15, -0.1) is 0 Å². The molecule has 0 saturated carbocycles. The lowest BCUT2D eigenvalue weighted by Crippen LogP contribution is -2.15. The van der Waals surface area contributed by atoms with E-state index < -0.39 is 0 Å². The second kappa shape index (κ2) is 7.50. The molecule has 0 saturated heterocycles. The molecule has 2 atom stereocenters. The molecule has 2 unspecified atom stereocenters. The van der Waals surface area contributed by atoms with Gasteiger partial charge >= 0.3 is 0 Å². The van der Waals surface area contributed by atoms with Crippen molar-refractivity contribution in [2.45, 2.75) is 46.5 Å². The van der Waals surface area contributed by atoms with Crippen LogP contribution in [0, 0.1) is 18.8 Å². The van der Waals surface area contributed by atoms with Crippen LogP contribution in [0.15, 0.2) is 24.3 Å². The highest BCUT2D eigenvalue weighted by Crippen LogP contribution is 2.21. The Hall–Kier alpha value is -0.820. The van der Waals surface area contributed by atoms with E-state index in [4.69, 9.17) is 5.73 Å². The molecule has 0 aliphatic rings. The topological polar surface area (TPSA) is 26.0 Å². The van der Waals surface area contributed by atoms with E-state index in [-0.39, 0.29) is 0 Å². The van der Waals surface area contributed by atoms with E-state index in [1.54, 1.807) is 0 Å². The van der Waals surface area contributed by atoms with E-state index in [1.807, 2.05) is 0 Å². The van der Waals surface area contributed by atoms with Crippen molar-refractivity contribution in [3.05, 3.63) is 35.4 Å². The first-order valence-electron chi connectivity index (χ1n) is 6.91. The molecule has 1 rings (SSSR count). The average Bonchev–Trinajstić information content (AvgIpc) is 2.34. The Balaban J connectivity index is 2.42. The lowest BCUT2D eigenvalue weighted by atomic mass is 9.88. The van der Waals surface area contributed by atoms with Crippen LogP contribution in [0.25, 0.3) is 0 Å². The molecule has 2 N–H and O–H groups in total. The zero-order chi connectivity index (χ0) is 12.7. The van der Waals surface area contributed by atoms with Crippen molar-refractivity contribution < 1.29 is 0 Å². The van der Waals surface area contributed by atoms with Crippen LogP contribution >= 0.6 is 0 Å². The fourth-order valence-corrected chi connectivity index (χ4v) is 2.39. The van der Waals surface area contributed by atoms with Gasteiger partial charge in [0.25, 0.3) is 0 Å². The van der Waals surface area contributed by atoms with Crippen molar-refractivity contribution in [2.75, 3.05) is 6.54 Å². The number of nitrogens with two attached hydrogens (primary N) is 1. The van der Waals surface area contributed by atoms with Gasteiger partial charge in [-0.1, -0.05) is 50.1 Å². The Labute approximate surface area is 106 Å². The van der Waals surface area contributed by atoms with Crippen molar-refractivity contribution >= 4 is 0 Å². The van der Waals surface area contributed by atoms with Gasteiger partial charge in [-0.25, -0.2) is 0 Å². The minimum atomic E-state index is 0.664. The van der Waals surface area contributed by atoms with Crippen LogP contribution in [0.3, 0.4) is 0 Å². The van der Waals surface area contributed by atoms with Crippen molar-refractivity contribution in [1.82, 2.24) is 0 Å². The molecule has 0 aliphatic carbocycles. The molecule has 1 heteroatoms. The van der Waals surface area contributed by atoms with Gasteiger partial charge in [-0.2, -0.15) is 0 Å². The molecule has 1 aromatic carbocycles. The molecule has 1 aromatic rings. The van der Waals surface area contributed by atoms with Crippen LogP contribution in [0.2, 0.25) is 0 Å². The quantitative estimate of drug-likeness (QED) is 0.758. The largest absolute Gasteiger partial charge is 0.330 e. The molecule has 1 nitrogen and oxygen atoms in total. The van der Waals surface area contributed by atoms with Crippen molar-refractivity contribution in [3.63, 3.8) is 0 Å². The highest BCUT2D eigenvalue weighted by Gasteiger charge is 2.10. The molecule has 96 valence electrons. The number of rotatable bonds is 7. The van der Waals surface area contributed by atoms with Gasteiger partial charge in [0.05, 0.1) is 0 Å². The van der Waals surface area contributed by atoms with Gasteiger partial charge in [0, 0.05) is 0 Å². The summed E-state index contributed by atoms with van der Waals surface area (Å²) in [6.07, 6.45) is 5.05. The number of hydrogen-bond donors (Lipinski definition) is 1. The summed E-state index contributed by atoms with van der Waals surface area (Å²) in [5, 5.41) is 0. The molecule has 17 heavy (non-hydrogen) atoms. The molecule has 0 spiro atoms. The molecular formula is C16H27N. The lowest BCUT2D eigenvalue weighted by Gasteiger charge is -2.18. The third-order valence-corrected chi connectivity index (χ3v) is 3.64. The fourth-order valence-electron chi connectivity index (χ4n) is 2.39. The van der Waals surface area contributed by atoms with E-state index in [2.05, 4.69) is 45.0 Å². The van der Waals surface area contributed by atoms with Crippen molar-refractivity contribution in [3.8, 4) is 0 Å². The Bertz CT molecular complexity index is 319. The van der Waals surface area contributed by atoms with Crippen LogP contribution in [0.4, 0.5) is 0 Å². The minimum absolute atomic E-state index is 0.664. The zero-order valence-electron chi connectivity index (χ0n) is 11.6. The predicted molar refractivity (Wildman–Crippen MR) is 76.1 cm³/mol. The van der Waals surface area contributed by atoms with Gasteiger partial charge < -0.3 is 5.73 Å². The predicted octanol–water partition coefficient (Wildman–Crippen LogP) is 3.94. The molecule has 0 amide bonds. The zero-order valence-corrected chi connectivity index (χ0v) is 11.6. The monoisotopic (exact) mass is 233 g/mol. The molecule has 0 radical (unpaired) electrons. The summed E-state index contributed by atoms with van der Waals surface area (Å²) in [7, 11) is 0. The first-order chi connectivity index (χ1) is 8.15. The van der Waals surface area contributed by atoms with Crippen LogP contribution in [-0.4, -0.2) is 6.54 Å². The molecular weight excluding hydrogens is 206 g/mol. The molecule has 0 fully saturated rings. The molecule has 0 aliphatic heterocycles. The van der Waals surface area contributed by atoms with Crippen molar-refractivity contribution in [2.24, 2.45) is 17.6 Å². The van der Waals surface area contributed by atoms with Crippen molar-refractivity contribution in [1.29, 1.82) is 0 Å². The van der Waals surface area contributed by atoms with Crippen LogP contribution in [0.1, 0.15) is 44.2 Å². The highest BCUT2D eigenvalue weighted by atomic mass is 14.5. The number of hydrogen-bond acceptors (Lipinski definition) is 1. The van der Waals surface area contributed by atoms with Gasteiger partial charge in [0.1, 0.15) is 0 Å². The van der Waals surface area contributed by atoms with Crippen LogP contribution < -0.4 is 5.73 Å². The SMILES string of the molecule is CCC(CCc1cccc(C)c1)CC(C)CN. The average molecular weight is 233 g/mol. The number of aryl methyl sites for hydroxylation is 2. The van der Waals surface area contributed by atoms with E-state index >= 15 is 0 Å². The summed E-state index contributed by atoms with van der Waals surface area (Å²) in [5.41, 5.74) is 8.54. The Kier molecular flexibility index (Phi) is 6.28. The number of benzene rings is 1. The summed E-state index contributed by atoms with van der Waals surface area (Å²) >= 11 is 0. The van der Waals surface area contributed by atoms with Gasteiger partial charge in [-0.05, 0) is 50.1 Å². The smallest absolute Gasteiger partial charge is 0.00514 e. The van der Waals surface area contributed by atoms with Crippen LogP contribution in [-0.2, 0) is 6.42 Å². The fraction of sp³-hybridized carbons (Fsp3) is 0.625. The van der Waals surface area contributed by atoms with Gasteiger partial charge in [0.2, 0.25) is 0 Å². The maximum absolute atomic E-state index is 5.70. The van der Waals surface area contributed by atoms with E-state index in [0.717, 1.165) is 12.5 Å². The highest BCUT2D eigenvalue weighted by molar-refractivity contribution is 5.22. The maximum Gasteiger partial charge on any atom is -0.00514 e. The van der Waals surface area contributed by atoms with Crippen LogP contribution in [0.5, 0.6) is 0 Å². The Morgan fingerprint density at radius 3 is 2.65 bits per heavy atom. The summed E-state index contributed by atoms with van der Waals surface area (Å²) < 4.78 is 0. The second-order valence-corrected chi connectivity index (χ2v) is 5.38.